The van der Waals surface area contributed by atoms with Gasteiger partial charge in [-0.25, -0.2) is 4.99 Å². The maximum atomic E-state index is 6.82. The molecule has 2 heterocycles. The van der Waals surface area contributed by atoms with Crippen molar-refractivity contribution in [2.75, 3.05) is 0 Å². The van der Waals surface area contributed by atoms with Crippen molar-refractivity contribution in [2.24, 2.45) is 10.7 Å². The summed E-state index contributed by atoms with van der Waals surface area (Å²) in [6, 6.07) is 62.4. The third-order valence-corrected chi connectivity index (χ3v) is 11.3. The Bertz CT molecular complexity index is 3160. The van der Waals surface area contributed by atoms with Crippen molar-refractivity contribution in [3.8, 4) is 27.9 Å². The smallest absolute Gasteiger partial charge is 0.205 e. The molecule has 1 atom stereocenters. The van der Waals surface area contributed by atoms with Gasteiger partial charge in [0, 0.05) is 39.2 Å². The number of rotatable bonds is 7. The van der Waals surface area contributed by atoms with Crippen molar-refractivity contribution in [2.45, 2.75) is 12.3 Å². The Morgan fingerprint density at radius 3 is 2.02 bits per heavy atom. The van der Waals surface area contributed by atoms with Crippen molar-refractivity contribution in [1.29, 1.82) is 0 Å². The van der Waals surface area contributed by atoms with E-state index in [1.807, 2.05) is 12.1 Å². The Hall–Kier alpha value is -7.43. The molecule has 2 aromatic heterocycles. The lowest BCUT2D eigenvalue weighted by Gasteiger charge is -2.15. The summed E-state index contributed by atoms with van der Waals surface area (Å²) in [5.41, 5.74) is 19.3. The highest BCUT2D eigenvalue weighted by molar-refractivity contribution is 6.09. The molecule has 2 N–H and O–H groups in total. The van der Waals surface area contributed by atoms with E-state index in [4.69, 9.17) is 10.7 Å². The highest BCUT2D eigenvalue weighted by Gasteiger charge is 2.19. The van der Waals surface area contributed by atoms with E-state index in [0.717, 1.165) is 44.9 Å². The second kappa shape index (κ2) is 14.3. The van der Waals surface area contributed by atoms with Gasteiger partial charge in [-0.2, -0.15) is 0 Å². The predicted octanol–water partition coefficient (Wildman–Crippen LogP) is 11.2. The van der Waals surface area contributed by atoms with Gasteiger partial charge in [0.2, 0.25) is 5.96 Å². The zero-order valence-corrected chi connectivity index (χ0v) is 31.5. The molecule has 0 bridgehead atoms. The largest absolute Gasteiger partial charge is 0.369 e. The van der Waals surface area contributed by atoms with Gasteiger partial charge in [0.05, 0.1) is 21.9 Å². The van der Waals surface area contributed by atoms with Crippen LogP contribution in [-0.4, -0.2) is 15.1 Å². The lowest BCUT2D eigenvalue weighted by atomic mass is 9.90. The standard InChI is InChI=1S/C53H40N4/c1-36(40-15-12-16-41(33-40)39-25-23-38(24-26-39)37-13-4-2-5-14-37)31-32-55-53(54)57-50-22-11-9-20-46(50)48-35-43(28-30-52(48)57)42-27-29-51-47(34-42)45-19-8-10-21-49(45)56(51)44-17-6-3-7-18-44/h2-27,29-35,43H,1,28H2,(H2,54,55)/b32-31-. The van der Waals surface area contributed by atoms with Crippen molar-refractivity contribution < 1.29 is 0 Å². The van der Waals surface area contributed by atoms with E-state index in [-0.39, 0.29) is 5.92 Å². The van der Waals surface area contributed by atoms with Crippen LogP contribution in [-0.2, 0) is 0 Å². The highest BCUT2D eigenvalue weighted by Crippen LogP contribution is 2.35. The number of para-hydroxylation sites is 3. The predicted molar refractivity (Wildman–Crippen MR) is 241 cm³/mol. The van der Waals surface area contributed by atoms with Gasteiger partial charge in [0.1, 0.15) is 0 Å². The summed E-state index contributed by atoms with van der Waals surface area (Å²) in [4.78, 5) is 4.76. The van der Waals surface area contributed by atoms with E-state index in [9.17, 15) is 0 Å². The Balaban J connectivity index is 0.942. The molecule has 272 valence electrons. The fourth-order valence-electron chi connectivity index (χ4n) is 8.47. The van der Waals surface area contributed by atoms with E-state index >= 15 is 0 Å². The molecule has 57 heavy (non-hydrogen) atoms. The molecule has 0 saturated carbocycles. The molecule has 4 heteroatoms. The summed E-state index contributed by atoms with van der Waals surface area (Å²) in [6.07, 6.45) is 9.28. The van der Waals surface area contributed by atoms with Crippen LogP contribution in [0, 0.1) is 0 Å². The number of hydrogen-bond donors (Lipinski definition) is 1. The molecule has 0 aliphatic heterocycles. The van der Waals surface area contributed by atoms with Crippen LogP contribution in [0.25, 0.3) is 78.4 Å². The third kappa shape index (κ3) is 6.18. The fraction of sp³-hybridized carbons (Fsp3) is 0.0377. The van der Waals surface area contributed by atoms with Crippen molar-refractivity contribution in [1.82, 2.24) is 9.13 Å². The Morgan fingerprint density at radius 2 is 1.23 bits per heavy atom. The summed E-state index contributed by atoms with van der Waals surface area (Å²) in [5.74, 6) is 0.640. The summed E-state index contributed by atoms with van der Waals surface area (Å²) in [7, 11) is 0. The van der Waals surface area contributed by atoms with Crippen molar-refractivity contribution in [3.05, 3.63) is 216 Å². The topological polar surface area (TPSA) is 48.2 Å². The number of nitrogens with two attached hydrogens (primary N) is 1. The average molecular weight is 733 g/mol. The number of aliphatic imine (C=N–C) groups is 1. The van der Waals surface area contributed by atoms with Gasteiger partial charge in [-0.3, -0.25) is 4.57 Å². The van der Waals surface area contributed by atoms with E-state index in [2.05, 4.69) is 198 Å². The second-order valence-corrected chi connectivity index (χ2v) is 14.7. The number of hydrogen-bond acceptors (Lipinski definition) is 1. The molecule has 7 aromatic carbocycles. The number of allylic oxidation sites excluding steroid dienone is 2. The second-order valence-electron chi connectivity index (χ2n) is 14.7. The minimum atomic E-state index is 0.221. The molecular formula is C53H40N4. The van der Waals surface area contributed by atoms with Crippen molar-refractivity contribution >= 4 is 56.4 Å². The molecule has 4 nitrogen and oxygen atoms in total. The molecule has 0 saturated heterocycles. The van der Waals surface area contributed by atoms with Gasteiger partial charge in [-0.1, -0.05) is 152 Å². The van der Waals surface area contributed by atoms with Gasteiger partial charge in [0.15, 0.2) is 0 Å². The monoisotopic (exact) mass is 732 g/mol. The van der Waals surface area contributed by atoms with Gasteiger partial charge in [-0.15, -0.1) is 0 Å². The van der Waals surface area contributed by atoms with Crippen LogP contribution in [0.15, 0.2) is 200 Å². The van der Waals surface area contributed by atoms with Gasteiger partial charge < -0.3 is 10.3 Å². The zero-order valence-electron chi connectivity index (χ0n) is 31.5. The van der Waals surface area contributed by atoms with E-state index < -0.39 is 0 Å². The molecule has 1 aliphatic carbocycles. The first-order valence-electron chi connectivity index (χ1n) is 19.5. The number of benzene rings is 7. The normalized spacial score (nSPS) is 14.2. The van der Waals surface area contributed by atoms with E-state index in [1.165, 1.54) is 49.4 Å². The van der Waals surface area contributed by atoms with Crippen LogP contribution >= 0.6 is 0 Å². The number of fused-ring (bicyclic) bond motifs is 6. The lowest BCUT2D eigenvalue weighted by molar-refractivity contribution is 0.913. The first kappa shape index (κ1) is 34.1. The number of nitrogens with zero attached hydrogens (tertiary/aromatic N) is 3. The molecule has 9 aromatic rings. The van der Waals surface area contributed by atoms with Crippen LogP contribution in [0.2, 0.25) is 0 Å². The van der Waals surface area contributed by atoms with Crippen LogP contribution in [0.1, 0.15) is 23.5 Å². The van der Waals surface area contributed by atoms with Crippen molar-refractivity contribution in [3.63, 3.8) is 0 Å². The van der Waals surface area contributed by atoms with E-state index in [0.29, 0.717) is 5.96 Å². The molecular weight excluding hydrogens is 693 g/mol. The van der Waals surface area contributed by atoms with Crippen LogP contribution in [0.4, 0.5) is 0 Å². The molecule has 0 spiro atoms. The van der Waals surface area contributed by atoms with Gasteiger partial charge >= 0.3 is 0 Å². The molecule has 1 aliphatic rings. The summed E-state index contributed by atoms with van der Waals surface area (Å²) in [5, 5.41) is 5.96. The SMILES string of the molecule is C=C(/C=C\N=C(N)n1c2c(c3ccccc31)=CC(c1ccc3c(c1)c1ccccc1n3-c1ccccc1)CC=2)c1cccc(-c2ccc(-c3ccccc3)cc2)c1. The molecule has 0 radical (unpaired) electrons. The minimum absolute atomic E-state index is 0.221. The van der Waals surface area contributed by atoms with Crippen LogP contribution in [0.5, 0.6) is 0 Å². The minimum Gasteiger partial charge on any atom is -0.369 e. The van der Waals surface area contributed by atoms with E-state index in [1.54, 1.807) is 6.20 Å². The summed E-state index contributed by atoms with van der Waals surface area (Å²) < 4.78 is 4.45. The average Bonchev–Trinajstić information content (AvgIpc) is 3.79. The fourth-order valence-corrected chi connectivity index (χ4v) is 8.47. The van der Waals surface area contributed by atoms with Gasteiger partial charge in [-0.05, 0) is 93.9 Å². The first-order chi connectivity index (χ1) is 28.1. The molecule has 1 unspecified atom stereocenters. The maximum absolute atomic E-state index is 6.82. The third-order valence-electron chi connectivity index (χ3n) is 11.3. The summed E-state index contributed by atoms with van der Waals surface area (Å²) >= 11 is 0. The Labute approximate surface area is 331 Å². The Kier molecular flexibility index (Phi) is 8.57. The van der Waals surface area contributed by atoms with Gasteiger partial charge in [0.25, 0.3) is 0 Å². The Morgan fingerprint density at radius 1 is 0.596 bits per heavy atom. The molecule has 0 amide bonds. The number of aromatic nitrogens is 2. The quantitative estimate of drug-likeness (QED) is 0.0990. The molecule has 10 rings (SSSR count). The maximum Gasteiger partial charge on any atom is 0.205 e. The van der Waals surface area contributed by atoms with Crippen LogP contribution < -0.4 is 16.3 Å². The molecule has 0 fully saturated rings. The first-order valence-corrected chi connectivity index (χ1v) is 19.5. The summed E-state index contributed by atoms with van der Waals surface area (Å²) in [6.45, 7) is 4.37. The highest BCUT2D eigenvalue weighted by atomic mass is 15.1. The lowest BCUT2D eigenvalue weighted by Crippen LogP contribution is -2.38. The zero-order chi connectivity index (χ0) is 38.3. The van der Waals surface area contributed by atoms with Crippen LogP contribution in [0.3, 0.4) is 0 Å².